The molecule has 1 aromatic carbocycles. The molecule has 0 fully saturated rings. The fourth-order valence-electron chi connectivity index (χ4n) is 1.24. The molecule has 19 heavy (non-hydrogen) atoms. The van der Waals surface area contributed by atoms with Crippen LogP contribution in [0.4, 0.5) is 0 Å². The molecule has 0 heteroatoms. The van der Waals surface area contributed by atoms with Crippen LogP contribution in [-0.2, 0) is 11.8 Å². The summed E-state index contributed by atoms with van der Waals surface area (Å²) < 4.78 is 0. The summed E-state index contributed by atoms with van der Waals surface area (Å²) in [5.74, 6) is 0.884. The number of hydrogen-bond donors (Lipinski definition) is 0. The van der Waals surface area contributed by atoms with E-state index in [1.165, 1.54) is 17.5 Å². The number of rotatable bonds is 2. The minimum absolute atomic E-state index is 0.284. The Balaban J connectivity index is 0. The Kier molecular flexibility index (Phi) is 12.0. The van der Waals surface area contributed by atoms with Gasteiger partial charge in [0, 0.05) is 0 Å². The molecule has 0 heterocycles. The molecule has 1 aromatic rings. The highest BCUT2D eigenvalue weighted by Gasteiger charge is 2.12. The van der Waals surface area contributed by atoms with E-state index in [-0.39, 0.29) is 5.41 Å². The fourth-order valence-corrected chi connectivity index (χ4v) is 1.24. The van der Waals surface area contributed by atoms with Crippen molar-refractivity contribution in [3.63, 3.8) is 0 Å². The van der Waals surface area contributed by atoms with E-state index >= 15 is 0 Å². The molecule has 0 aliphatic carbocycles. The largest absolute Gasteiger partial charge is 0.0683 e. The quantitative estimate of drug-likeness (QED) is 0.562. The topological polar surface area (TPSA) is 0 Å². The molecular formula is C19H36. The van der Waals surface area contributed by atoms with Gasteiger partial charge >= 0.3 is 0 Å². The first-order chi connectivity index (χ1) is 8.81. The maximum Gasteiger partial charge on any atom is -0.0132 e. The summed E-state index contributed by atoms with van der Waals surface area (Å²) in [5.41, 5.74) is 3.12. The van der Waals surface area contributed by atoms with Crippen molar-refractivity contribution in [3.05, 3.63) is 35.4 Å². The minimum atomic E-state index is 0.284. The summed E-state index contributed by atoms with van der Waals surface area (Å²) in [4.78, 5) is 0. The monoisotopic (exact) mass is 264 g/mol. The van der Waals surface area contributed by atoms with E-state index in [2.05, 4.69) is 72.7 Å². The summed E-state index contributed by atoms with van der Waals surface area (Å²) in [5, 5.41) is 0. The Morgan fingerprint density at radius 1 is 0.895 bits per heavy atom. The van der Waals surface area contributed by atoms with E-state index in [1.807, 2.05) is 13.8 Å². The summed E-state index contributed by atoms with van der Waals surface area (Å²) in [6.07, 6.45) is 2.43. The Morgan fingerprint density at radius 3 is 1.47 bits per heavy atom. The van der Waals surface area contributed by atoms with Crippen molar-refractivity contribution in [2.45, 2.75) is 80.6 Å². The van der Waals surface area contributed by atoms with Gasteiger partial charge in [0.05, 0.1) is 0 Å². The zero-order chi connectivity index (χ0) is 15.5. The Hall–Kier alpha value is -0.780. The minimum Gasteiger partial charge on any atom is -0.0683 e. The lowest BCUT2D eigenvalue weighted by Gasteiger charge is -2.18. The molecule has 112 valence electrons. The van der Waals surface area contributed by atoms with Gasteiger partial charge in [-0.05, 0) is 28.9 Å². The van der Waals surface area contributed by atoms with Crippen LogP contribution in [-0.4, -0.2) is 0 Å². The zero-order valence-electron chi connectivity index (χ0n) is 14.8. The highest BCUT2D eigenvalue weighted by Crippen LogP contribution is 2.22. The average molecular weight is 264 g/mol. The van der Waals surface area contributed by atoms with Crippen molar-refractivity contribution >= 4 is 0 Å². The van der Waals surface area contributed by atoms with Crippen LogP contribution >= 0.6 is 0 Å². The third-order valence-electron chi connectivity index (χ3n) is 3.04. The van der Waals surface area contributed by atoms with Crippen LogP contribution in [0.5, 0.6) is 0 Å². The van der Waals surface area contributed by atoms with Crippen LogP contribution in [0.15, 0.2) is 24.3 Å². The molecule has 0 bridgehead atoms. The number of hydrogen-bond acceptors (Lipinski definition) is 0. The molecule has 0 spiro atoms. The van der Waals surface area contributed by atoms with Crippen molar-refractivity contribution in [2.24, 2.45) is 5.92 Å². The number of aryl methyl sites for hydroxylation is 1. The second-order valence-electron chi connectivity index (χ2n) is 6.10. The normalized spacial score (nSPS) is 10.2. The maximum absolute atomic E-state index is 2.24. The molecule has 0 saturated heterocycles. The predicted octanol–water partition coefficient (Wildman–Crippen LogP) is 6.63. The summed E-state index contributed by atoms with van der Waals surface area (Å²) in [6.45, 7) is 19.6. The highest BCUT2D eigenvalue weighted by atomic mass is 14.2. The van der Waals surface area contributed by atoms with Gasteiger partial charge in [-0.2, -0.15) is 0 Å². The van der Waals surface area contributed by atoms with Crippen LogP contribution in [0, 0.1) is 5.92 Å². The molecule has 0 unspecified atom stereocenters. The number of benzene rings is 1. The van der Waals surface area contributed by atoms with Crippen molar-refractivity contribution < 1.29 is 0 Å². The summed E-state index contributed by atoms with van der Waals surface area (Å²) in [6, 6.07) is 8.92. The molecule has 0 aliphatic heterocycles. The van der Waals surface area contributed by atoms with Crippen molar-refractivity contribution in [3.8, 4) is 0 Å². The molecule has 0 radical (unpaired) electrons. The molecule has 0 amide bonds. The average Bonchev–Trinajstić information content (AvgIpc) is 2.40. The van der Waals surface area contributed by atoms with Crippen LogP contribution in [0.3, 0.4) is 0 Å². The fraction of sp³-hybridized carbons (Fsp3) is 0.684. The molecular weight excluding hydrogens is 228 g/mol. The van der Waals surface area contributed by atoms with Crippen LogP contribution < -0.4 is 0 Å². The highest BCUT2D eigenvalue weighted by molar-refractivity contribution is 5.27. The molecule has 0 N–H and O–H groups in total. The molecule has 0 nitrogen and oxygen atoms in total. The van der Waals surface area contributed by atoms with Crippen molar-refractivity contribution in [1.29, 1.82) is 0 Å². The van der Waals surface area contributed by atoms with E-state index in [0.29, 0.717) is 0 Å². The van der Waals surface area contributed by atoms with E-state index in [4.69, 9.17) is 0 Å². The van der Waals surface area contributed by atoms with Crippen LogP contribution in [0.25, 0.3) is 0 Å². The Morgan fingerprint density at radius 2 is 1.26 bits per heavy atom. The third kappa shape index (κ3) is 10.8. The first-order valence-corrected chi connectivity index (χ1v) is 7.90. The Bertz CT molecular complexity index is 285. The van der Waals surface area contributed by atoms with E-state index in [0.717, 1.165) is 12.3 Å². The van der Waals surface area contributed by atoms with E-state index in [9.17, 15) is 0 Å². The second-order valence-corrected chi connectivity index (χ2v) is 6.10. The molecule has 1 rings (SSSR count). The lowest BCUT2D eigenvalue weighted by atomic mass is 9.86. The molecule has 0 atom stereocenters. The van der Waals surface area contributed by atoms with Crippen molar-refractivity contribution in [2.75, 3.05) is 0 Å². The SMILES string of the molecule is CC.CCC(C)C.CCc1ccc(C(C)(C)C)cc1. The summed E-state index contributed by atoms with van der Waals surface area (Å²) in [7, 11) is 0. The van der Waals surface area contributed by atoms with Gasteiger partial charge in [0.1, 0.15) is 0 Å². The van der Waals surface area contributed by atoms with Crippen LogP contribution in [0.1, 0.15) is 79.9 Å². The smallest absolute Gasteiger partial charge is 0.0132 e. The third-order valence-corrected chi connectivity index (χ3v) is 3.04. The summed E-state index contributed by atoms with van der Waals surface area (Å²) >= 11 is 0. The van der Waals surface area contributed by atoms with E-state index < -0.39 is 0 Å². The standard InChI is InChI=1S/C12H18.C5H12.C2H6/c1-5-10-6-8-11(9-7-10)12(2,3)4;1-4-5(2)3;1-2/h6-9H,5H2,1-4H3;5H,4H2,1-3H3;1-2H3. The Labute approximate surface area is 122 Å². The van der Waals surface area contributed by atoms with Gasteiger partial charge in [0.25, 0.3) is 0 Å². The first kappa shape index (κ1) is 20.5. The molecule has 0 aromatic heterocycles. The van der Waals surface area contributed by atoms with E-state index in [1.54, 1.807) is 0 Å². The molecule has 0 saturated carbocycles. The maximum atomic E-state index is 2.24. The van der Waals surface area contributed by atoms with Crippen LogP contribution in [0.2, 0.25) is 0 Å². The zero-order valence-corrected chi connectivity index (χ0v) is 14.8. The molecule has 0 aliphatic rings. The lowest BCUT2D eigenvalue weighted by Crippen LogP contribution is -2.10. The van der Waals surface area contributed by atoms with Gasteiger partial charge < -0.3 is 0 Å². The van der Waals surface area contributed by atoms with Gasteiger partial charge in [-0.1, -0.05) is 93.0 Å². The second kappa shape index (κ2) is 11.1. The predicted molar refractivity (Wildman–Crippen MR) is 91.0 cm³/mol. The van der Waals surface area contributed by atoms with Crippen molar-refractivity contribution in [1.82, 2.24) is 0 Å². The first-order valence-electron chi connectivity index (χ1n) is 7.90. The van der Waals surface area contributed by atoms with Gasteiger partial charge in [-0.3, -0.25) is 0 Å². The van der Waals surface area contributed by atoms with Gasteiger partial charge in [-0.25, -0.2) is 0 Å². The van der Waals surface area contributed by atoms with Gasteiger partial charge in [0.15, 0.2) is 0 Å². The van der Waals surface area contributed by atoms with Gasteiger partial charge in [0.2, 0.25) is 0 Å². The lowest BCUT2D eigenvalue weighted by molar-refractivity contribution is 0.590. The van der Waals surface area contributed by atoms with Gasteiger partial charge in [-0.15, -0.1) is 0 Å².